The van der Waals surface area contributed by atoms with E-state index < -0.39 is 177 Å². The third-order valence-electron chi connectivity index (χ3n) is 15.1. The van der Waals surface area contributed by atoms with Crippen LogP contribution in [-0.2, 0) is 49.4 Å². The molecule has 0 saturated carbocycles. The average Bonchev–Trinajstić information content (AvgIpc) is 3.73. The van der Waals surface area contributed by atoms with Crippen molar-refractivity contribution >= 4 is 70.9 Å². The van der Waals surface area contributed by atoms with Gasteiger partial charge in [-0.3, -0.25) is 38.4 Å². The van der Waals surface area contributed by atoms with Gasteiger partial charge >= 0.3 is 0 Å². The molecule has 1 aromatic heterocycles. The van der Waals surface area contributed by atoms with E-state index in [9.17, 15) is 74.1 Å². The summed E-state index contributed by atoms with van der Waals surface area (Å²) in [5.74, 6) is -10.3. The third-order valence-corrected chi connectivity index (χ3v) is 16.6. The number of hydrogen-bond donors (Lipinski definition) is 14. The van der Waals surface area contributed by atoms with Crippen LogP contribution in [0.15, 0.2) is 72.9 Å². The van der Waals surface area contributed by atoms with Crippen LogP contribution in [0.4, 0.5) is 0 Å². The van der Waals surface area contributed by atoms with Crippen molar-refractivity contribution in [2.24, 2.45) is 11.7 Å². The van der Waals surface area contributed by atoms with Gasteiger partial charge in [0.2, 0.25) is 41.4 Å². The number of nitrogens with two attached hydrogens (primary N) is 1. The van der Waals surface area contributed by atoms with Crippen LogP contribution in [-0.4, -0.2) is 202 Å². The number of fused-ring (bicyclic) bond motifs is 2. The summed E-state index contributed by atoms with van der Waals surface area (Å²) >= 11 is 1.46. The molecule has 8 amide bonds. The predicted molar refractivity (Wildman–Crippen MR) is 312 cm³/mol. The van der Waals surface area contributed by atoms with Crippen LogP contribution in [0.5, 0.6) is 17.2 Å². The first kappa shape index (κ1) is 67.9. The molecule has 3 aliphatic rings. The fourth-order valence-corrected chi connectivity index (χ4v) is 11.6. The van der Waals surface area contributed by atoms with Crippen molar-refractivity contribution < 1.29 is 97.7 Å². The highest BCUT2D eigenvalue weighted by molar-refractivity contribution is 7.90. The highest BCUT2D eigenvalue weighted by atomic mass is 32.2. The smallest absolute Gasteiger partial charge is 0.261 e. The molecule has 3 saturated heterocycles. The minimum Gasteiger partial charge on any atom is -0.504 e. The SMILES string of the molecule is CCCCCCOc1ccc(-c2cnc(-c3ccc(C(=O)N[C@H]4CC(O)CNC(=O)C5C(O)C(C)CN5C(=O)C(C(O)CC(N)=O)NC(=O)C(C(O)Cc5ccc(O)c(OSOOO)c5)NC(=O)C5CC(O)CN5C(=O)C(C(C)O)NC4=O)cc3)s2)cc1. The quantitative estimate of drug-likeness (QED) is 0.0213. The maximum absolute atomic E-state index is 14.7. The van der Waals surface area contributed by atoms with Gasteiger partial charge in [-0.2, -0.15) is 0 Å². The van der Waals surface area contributed by atoms with Gasteiger partial charge in [0.05, 0.1) is 54.5 Å². The van der Waals surface area contributed by atoms with Crippen LogP contribution in [0.1, 0.15) is 81.6 Å². The van der Waals surface area contributed by atoms with E-state index >= 15 is 0 Å². The standard InChI is InChI=1S/C57H73N9O20S2/c1-4-5-6-7-18-83-36-15-13-31(14-16-36)43-25-60-55(87-43)33-11-9-32(10-12-33)50(75)61-37-21-34(68)24-59-54(79)48-49(74)28(2)26-66(48)57(81)47(41(72)23-44(58)73)64-53(78)46(40(71)19-30-8-17-39(70)42(20-30)84-88-86-85-82)63-52(77)38-22-35(69)27-65(38)56(80)45(29(3)67)62-51(37)76/h8-17,20,25,28-29,34-35,37-38,40-41,45-49,67-72,74,82H,4-7,18-19,21-24,26-27H2,1-3H3,(H2,58,73)(H,59,79)(H,61,75)(H,62,76)(H,63,77)(H,64,78)/t28?,29?,34?,35?,37-,38?,40?,41?,45?,46?,47?,48?,49?/m0/s1. The molecule has 0 radical (unpaired) electrons. The summed E-state index contributed by atoms with van der Waals surface area (Å²) in [6.07, 6.45) is -7.51. The Kier molecular flexibility index (Phi) is 24.4. The highest BCUT2D eigenvalue weighted by Crippen LogP contribution is 2.34. The number of carbonyl (C=O) groups excluding carboxylic acids is 8. The molecule has 4 heterocycles. The Morgan fingerprint density at radius 1 is 0.807 bits per heavy atom. The lowest BCUT2D eigenvalue weighted by Crippen LogP contribution is -2.64. The van der Waals surface area contributed by atoms with Gasteiger partial charge in [-0.15, -0.1) is 11.3 Å². The molecule has 88 heavy (non-hydrogen) atoms. The lowest BCUT2D eigenvalue weighted by Gasteiger charge is -2.33. The number of unbranched alkanes of at least 4 members (excludes halogenated alkanes) is 3. The van der Waals surface area contributed by atoms with Crippen molar-refractivity contribution in [3.05, 3.63) is 84.1 Å². The van der Waals surface area contributed by atoms with E-state index in [4.69, 9.17) is 19.9 Å². The number of carbonyl (C=O) groups is 8. The molecule has 3 fully saturated rings. The zero-order chi connectivity index (χ0) is 63.9. The molecule has 0 bridgehead atoms. The number of rotatable bonds is 21. The largest absolute Gasteiger partial charge is 0.504 e. The number of phenols is 1. The van der Waals surface area contributed by atoms with Crippen LogP contribution >= 0.6 is 23.7 Å². The number of aliphatic hydroxyl groups is 6. The van der Waals surface area contributed by atoms with Gasteiger partial charge in [-0.1, -0.05) is 60.7 Å². The summed E-state index contributed by atoms with van der Waals surface area (Å²) in [5, 5.41) is 103. The molecule has 12 unspecified atom stereocenters. The summed E-state index contributed by atoms with van der Waals surface area (Å²) in [7, 11) is 0. The van der Waals surface area contributed by atoms with Gasteiger partial charge in [-0.05, 0) is 73.0 Å². The number of thiazole rings is 1. The molecule has 15 N–H and O–H groups in total. The molecule has 3 aromatic carbocycles. The number of hydrogen-bond acceptors (Lipinski definition) is 23. The van der Waals surface area contributed by atoms with E-state index in [-0.39, 0.29) is 29.2 Å². The van der Waals surface area contributed by atoms with E-state index in [0.29, 0.717) is 17.2 Å². The average molecular weight is 1270 g/mol. The zero-order valence-corrected chi connectivity index (χ0v) is 49.8. The molecular weight excluding hydrogens is 1190 g/mol. The summed E-state index contributed by atoms with van der Waals surface area (Å²) < 4.78 is 15.2. The van der Waals surface area contributed by atoms with E-state index in [1.54, 1.807) is 18.3 Å². The molecule has 4 aromatic rings. The normalized spacial score (nSPS) is 25.2. The van der Waals surface area contributed by atoms with E-state index in [0.717, 1.165) is 70.7 Å². The van der Waals surface area contributed by atoms with Gasteiger partial charge < -0.3 is 86.8 Å². The first-order chi connectivity index (χ1) is 42.0. The molecular formula is C57H73N9O20S2. The number of nitrogens with zero attached hydrogens (tertiary/aromatic N) is 3. The minimum absolute atomic E-state index is 0.0254. The Morgan fingerprint density at radius 3 is 2.17 bits per heavy atom. The van der Waals surface area contributed by atoms with E-state index in [2.05, 4.69) is 47.9 Å². The lowest BCUT2D eigenvalue weighted by molar-refractivity contribution is -0.433. The molecule has 478 valence electrons. The molecule has 29 nitrogen and oxygen atoms in total. The zero-order valence-electron chi connectivity index (χ0n) is 48.1. The Morgan fingerprint density at radius 2 is 1.49 bits per heavy atom. The molecule has 7 rings (SSSR count). The molecule has 31 heteroatoms. The number of primary amides is 1. The summed E-state index contributed by atoms with van der Waals surface area (Å²) in [6.45, 7) is 3.65. The number of β-amino-alcohol motifs (C(OH)–C–C–N with tert-alkyl or cyclic N) is 1. The summed E-state index contributed by atoms with van der Waals surface area (Å²) in [5.41, 5.74) is 7.07. The fourth-order valence-electron chi connectivity index (χ4n) is 10.4. The molecule has 13 atom stereocenters. The molecule has 0 spiro atoms. The van der Waals surface area contributed by atoms with Crippen molar-refractivity contribution in [3.8, 4) is 38.3 Å². The van der Waals surface area contributed by atoms with Crippen molar-refractivity contribution in [3.63, 3.8) is 0 Å². The number of amides is 8. The van der Waals surface area contributed by atoms with Crippen LogP contribution in [0.3, 0.4) is 0 Å². The topological polar surface area (TPSA) is 441 Å². The van der Waals surface area contributed by atoms with Gasteiger partial charge in [0, 0.05) is 62.1 Å². The monoisotopic (exact) mass is 1270 g/mol. The van der Waals surface area contributed by atoms with Crippen molar-refractivity contribution in [1.82, 2.24) is 41.4 Å². The van der Waals surface area contributed by atoms with Crippen molar-refractivity contribution in [2.45, 2.75) is 145 Å². The maximum atomic E-state index is 14.7. The van der Waals surface area contributed by atoms with Crippen LogP contribution in [0.2, 0.25) is 0 Å². The van der Waals surface area contributed by atoms with Crippen LogP contribution < -0.4 is 41.2 Å². The third kappa shape index (κ3) is 17.6. The number of nitrogens with one attached hydrogen (secondary N) is 5. The second-order valence-electron chi connectivity index (χ2n) is 21.8. The Bertz CT molecular complexity index is 3090. The Balaban J connectivity index is 1.18. The van der Waals surface area contributed by atoms with Gasteiger partial charge in [0.15, 0.2) is 11.5 Å². The highest BCUT2D eigenvalue weighted by Gasteiger charge is 2.50. The molecule has 3 aliphatic heterocycles. The van der Waals surface area contributed by atoms with Crippen molar-refractivity contribution in [2.75, 3.05) is 26.2 Å². The van der Waals surface area contributed by atoms with Gasteiger partial charge in [-0.25, -0.2) is 10.2 Å². The van der Waals surface area contributed by atoms with E-state index in [1.165, 1.54) is 36.5 Å². The number of ether oxygens (including phenoxy) is 1. The predicted octanol–water partition coefficient (Wildman–Crippen LogP) is -0.671. The maximum Gasteiger partial charge on any atom is 0.261 e. The van der Waals surface area contributed by atoms with E-state index in [1.807, 2.05) is 24.3 Å². The fraction of sp³-hybridized carbons (Fsp3) is 0.491. The number of aromatic hydroxyl groups is 1. The van der Waals surface area contributed by atoms with Gasteiger partial charge in [0.1, 0.15) is 47.0 Å². The Hall–Kier alpha value is -7.56. The first-order valence-electron chi connectivity index (χ1n) is 28.4. The minimum atomic E-state index is -2.21. The summed E-state index contributed by atoms with van der Waals surface area (Å²) in [6, 6.07) is 5.70. The summed E-state index contributed by atoms with van der Waals surface area (Å²) in [4.78, 5) is 120. The first-order valence-corrected chi connectivity index (χ1v) is 29.9. The lowest BCUT2D eigenvalue weighted by atomic mass is 9.98. The number of benzene rings is 3. The van der Waals surface area contributed by atoms with Crippen LogP contribution in [0, 0.1) is 5.92 Å². The molecule has 0 aliphatic carbocycles. The van der Waals surface area contributed by atoms with Gasteiger partial charge in [0.25, 0.3) is 18.2 Å². The van der Waals surface area contributed by atoms with Crippen LogP contribution in [0.25, 0.3) is 21.0 Å². The second kappa shape index (κ2) is 31.6. The number of aromatic nitrogens is 1. The van der Waals surface area contributed by atoms with Crippen molar-refractivity contribution in [1.29, 1.82) is 0 Å². The number of phenolic OH excluding ortho intramolecular Hbond substituents is 1. The Labute approximate surface area is 513 Å². The second-order valence-corrected chi connectivity index (χ2v) is 23.3. The number of aliphatic hydroxyl groups excluding tert-OH is 6.